The van der Waals surface area contributed by atoms with Crippen LogP contribution in [0.5, 0.6) is 0 Å². The fourth-order valence-corrected chi connectivity index (χ4v) is 0.959. The van der Waals surface area contributed by atoms with Gasteiger partial charge in [0, 0.05) is 0 Å². The van der Waals surface area contributed by atoms with Crippen molar-refractivity contribution >= 4 is 12.3 Å². The summed E-state index contributed by atoms with van der Waals surface area (Å²) in [7, 11) is 0. The summed E-state index contributed by atoms with van der Waals surface area (Å²) in [6.45, 7) is 2.04. The molecular weight excluding hydrogens is 150 g/mol. The van der Waals surface area contributed by atoms with Crippen molar-refractivity contribution in [3.8, 4) is 0 Å². The third-order valence-electron chi connectivity index (χ3n) is 1.62. The number of oxime groups is 1. The largest absolute Gasteiger partial charge is 0.411 e. The minimum absolute atomic E-state index is 1.14. The summed E-state index contributed by atoms with van der Waals surface area (Å²) in [4.78, 5) is 0. The smallest absolute Gasteiger partial charge is 0.0661 e. The van der Waals surface area contributed by atoms with Crippen LogP contribution in [0.4, 0.5) is 0 Å². The van der Waals surface area contributed by atoms with Crippen molar-refractivity contribution in [3.05, 3.63) is 41.5 Å². The fourth-order valence-electron chi connectivity index (χ4n) is 0.959. The lowest BCUT2D eigenvalue weighted by Crippen LogP contribution is -1.77. The van der Waals surface area contributed by atoms with E-state index in [0.29, 0.717) is 0 Å². The van der Waals surface area contributed by atoms with E-state index in [-0.39, 0.29) is 0 Å². The molecule has 0 fully saturated rings. The first-order valence-corrected chi connectivity index (χ1v) is 3.74. The molecule has 1 aromatic rings. The summed E-state index contributed by atoms with van der Waals surface area (Å²) in [5.41, 5.74) is 2.34. The third-order valence-corrected chi connectivity index (χ3v) is 1.62. The summed E-state index contributed by atoms with van der Waals surface area (Å²) in [6.07, 6.45) is 4.93. The number of hydrogen-bond acceptors (Lipinski definition) is 2. The maximum absolute atomic E-state index is 8.13. The van der Waals surface area contributed by atoms with E-state index < -0.39 is 0 Å². The van der Waals surface area contributed by atoms with Crippen LogP contribution in [0.2, 0.25) is 0 Å². The SMILES string of the molecule is Cc1ccccc1/C=C\C=N\O. The standard InChI is InChI=1S/C10H11NO/c1-9-5-2-3-6-10(9)7-4-8-11-12/h2-8,12H,1H3/b7-4-,11-8+. The number of hydrogen-bond donors (Lipinski definition) is 1. The molecule has 62 valence electrons. The molecule has 0 spiro atoms. The lowest BCUT2D eigenvalue weighted by Gasteiger charge is -1.96. The van der Waals surface area contributed by atoms with Crippen LogP contribution in [0.3, 0.4) is 0 Å². The number of nitrogens with zero attached hydrogens (tertiary/aromatic N) is 1. The summed E-state index contributed by atoms with van der Waals surface area (Å²) >= 11 is 0. The molecule has 0 radical (unpaired) electrons. The molecule has 0 unspecified atom stereocenters. The van der Waals surface area contributed by atoms with Gasteiger partial charge in [-0.15, -0.1) is 0 Å². The lowest BCUT2D eigenvalue weighted by molar-refractivity contribution is 0.322. The maximum Gasteiger partial charge on any atom is 0.0661 e. The summed E-state index contributed by atoms with van der Waals surface area (Å²) in [5.74, 6) is 0. The van der Waals surface area contributed by atoms with E-state index in [1.807, 2.05) is 37.3 Å². The molecule has 0 saturated heterocycles. The normalized spacial score (nSPS) is 11.4. The molecule has 0 aromatic heterocycles. The van der Waals surface area contributed by atoms with Gasteiger partial charge in [-0.1, -0.05) is 35.5 Å². The van der Waals surface area contributed by atoms with Crippen LogP contribution >= 0.6 is 0 Å². The van der Waals surface area contributed by atoms with E-state index in [0.717, 1.165) is 5.56 Å². The first kappa shape index (κ1) is 8.53. The van der Waals surface area contributed by atoms with Crippen molar-refractivity contribution in [1.29, 1.82) is 0 Å². The Labute approximate surface area is 71.8 Å². The molecule has 0 aliphatic carbocycles. The second kappa shape index (κ2) is 4.34. The second-order valence-electron chi connectivity index (χ2n) is 2.48. The van der Waals surface area contributed by atoms with Gasteiger partial charge in [0.05, 0.1) is 6.21 Å². The zero-order valence-corrected chi connectivity index (χ0v) is 6.94. The highest BCUT2D eigenvalue weighted by Gasteiger charge is 1.88. The van der Waals surface area contributed by atoms with E-state index in [4.69, 9.17) is 5.21 Å². The number of aryl methyl sites for hydroxylation is 1. The first-order valence-electron chi connectivity index (χ1n) is 3.74. The predicted octanol–water partition coefficient (Wildman–Crippen LogP) is 2.47. The van der Waals surface area contributed by atoms with Crippen LogP contribution in [0.1, 0.15) is 11.1 Å². The van der Waals surface area contributed by atoms with Gasteiger partial charge in [0.15, 0.2) is 0 Å². The molecule has 0 saturated carbocycles. The van der Waals surface area contributed by atoms with Crippen molar-refractivity contribution in [2.24, 2.45) is 5.16 Å². The number of rotatable bonds is 2. The predicted molar refractivity (Wildman–Crippen MR) is 50.5 cm³/mol. The second-order valence-corrected chi connectivity index (χ2v) is 2.48. The van der Waals surface area contributed by atoms with E-state index in [9.17, 15) is 0 Å². The van der Waals surface area contributed by atoms with Crippen molar-refractivity contribution in [2.45, 2.75) is 6.92 Å². The van der Waals surface area contributed by atoms with Gasteiger partial charge >= 0.3 is 0 Å². The highest BCUT2D eigenvalue weighted by Crippen LogP contribution is 2.07. The molecule has 1 rings (SSSR count). The minimum atomic E-state index is 1.14. The molecule has 2 heteroatoms. The maximum atomic E-state index is 8.13. The monoisotopic (exact) mass is 161 g/mol. The Morgan fingerprint density at radius 3 is 2.75 bits per heavy atom. The van der Waals surface area contributed by atoms with Crippen LogP contribution in [-0.4, -0.2) is 11.4 Å². The van der Waals surface area contributed by atoms with E-state index in [2.05, 4.69) is 5.16 Å². The quantitative estimate of drug-likeness (QED) is 0.403. The lowest BCUT2D eigenvalue weighted by atomic mass is 10.1. The number of benzene rings is 1. The van der Waals surface area contributed by atoms with Gasteiger partial charge in [0.2, 0.25) is 0 Å². The Kier molecular flexibility index (Phi) is 3.08. The third kappa shape index (κ3) is 2.23. The van der Waals surface area contributed by atoms with Gasteiger partial charge < -0.3 is 5.21 Å². The summed E-state index contributed by atoms with van der Waals surface area (Å²) < 4.78 is 0. The Morgan fingerprint density at radius 2 is 2.08 bits per heavy atom. The van der Waals surface area contributed by atoms with E-state index in [1.54, 1.807) is 6.08 Å². The molecule has 0 bridgehead atoms. The molecule has 0 amide bonds. The summed E-state index contributed by atoms with van der Waals surface area (Å²) in [5, 5.41) is 11.0. The zero-order valence-electron chi connectivity index (χ0n) is 6.94. The molecule has 12 heavy (non-hydrogen) atoms. The highest BCUT2D eigenvalue weighted by molar-refractivity contribution is 5.78. The van der Waals surface area contributed by atoms with Gasteiger partial charge in [-0.2, -0.15) is 0 Å². The minimum Gasteiger partial charge on any atom is -0.411 e. The fraction of sp³-hybridized carbons (Fsp3) is 0.100. The van der Waals surface area contributed by atoms with Gasteiger partial charge in [-0.3, -0.25) is 0 Å². The van der Waals surface area contributed by atoms with Crippen LogP contribution in [-0.2, 0) is 0 Å². The molecule has 0 heterocycles. The van der Waals surface area contributed by atoms with E-state index in [1.165, 1.54) is 11.8 Å². The van der Waals surface area contributed by atoms with Gasteiger partial charge in [0.1, 0.15) is 0 Å². The van der Waals surface area contributed by atoms with Crippen LogP contribution < -0.4 is 0 Å². The van der Waals surface area contributed by atoms with Crippen molar-refractivity contribution in [1.82, 2.24) is 0 Å². The van der Waals surface area contributed by atoms with Crippen LogP contribution in [0.25, 0.3) is 6.08 Å². The average molecular weight is 161 g/mol. The molecule has 0 aliphatic heterocycles. The van der Waals surface area contributed by atoms with Gasteiger partial charge in [-0.25, -0.2) is 0 Å². The van der Waals surface area contributed by atoms with Crippen LogP contribution in [0, 0.1) is 6.92 Å². The molecular formula is C10H11NO. The topological polar surface area (TPSA) is 32.6 Å². The molecule has 1 aromatic carbocycles. The van der Waals surface area contributed by atoms with Gasteiger partial charge in [0.25, 0.3) is 0 Å². The number of allylic oxidation sites excluding steroid dienone is 1. The Morgan fingerprint density at radius 1 is 1.33 bits per heavy atom. The summed E-state index contributed by atoms with van der Waals surface area (Å²) in [6, 6.07) is 8.02. The Bertz CT molecular complexity index is 302. The molecule has 0 atom stereocenters. The Hall–Kier alpha value is -1.57. The Balaban J connectivity index is 2.82. The first-order chi connectivity index (χ1) is 5.84. The van der Waals surface area contributed by atoms with Crippen molar-refractivity contribution in [3.63, 3.8) is 0 Å². The molecule has 2 nitrogen and oxygen atoms in total. The van der Waals surface area contributed by atoms with E-state index >= 15 is 0 Å². The van der Waals surface area contributed by atoms with Gasteiger partial charge in [-0.05, 0) is 24.1 Å². The van der Waals surface area contributed by atoms with Crippen molar-refractivity contribution < 1.29 is 5.21 Å². The average Bonchev–Trinajstić information content (AvgIpc) is 2.09. The molecule has 0 aliphatic rings. The molecule has 1 N–H and O–H groups in total. The van der Waals surface area contributed by atoms with Crippen LogP contribution in [0.15, 0.2) is 35.5 Å². The zero-order chi connectivity index (χ0) is 8.81. The highest BCUT2D eigenvalue weighted by atomic mass is 16.4. The van der Waals surface area contributed by atoms with Crippen molar-refractivity contribution in [2.75, 3.05) is 0 Å².